The number of nitrogens with zero attached hydrogens (tertiary/aromatic N) is 1. The Balaban J connectivity index is 2.25. The van der Waals surface area contributed by atoms with Crippen LogP contribution in [0.5, 0.6) is 0 Å². The smallest absolute Gasteiger partial charge is 0.202 e. The summed E-state index contributed by atoms with van der Waals surface area (Å²) in [4.78, 5) is 0. The average Bonchev–Trinajstić information content (AvgIpc) is 2.56. The van der Waals surface area contributed by atoms with Gasteiger partial charge in [-0.05, 0) is 25.2 Å². The highest BCUT2D eigenvalue weighted by Crippen LogP contribution is 2.12. The highest BCUT2D eigenvalue weighted by Gasteiger charge is 2.21. The van der Waals surface area contributed by atoms with E-state index in [4.69, 9.17) is 0 Å². The van der Waals surface area contributed by atoms with Crippen LogP contribution in [0.4, 0.5) is 0 Å². The van der Waals surface area contributed by atoms with Gasteiger partial charge in [-0.1, -0.05) is 39.5 Å². The van der Waals surface area contributed by atoms with E-state index < -0.39 is 10.2 Å². The molecule has 0 aromatic rings. The van der Waals surface area contributed by atoms with Crippen molar-refractivity contribution in [1.82, 2.24) is 9.03 Å². The van der Waals surface area contributed by atoms with Crippen LogP contribution in [-0.4, -0.2) is 32.4 Å². The number of hydrogen-bond acceptors (Lipinski definition) is 2. The summed E-state index contributed by atoms with van der Waals surface area (Å²) in [5, 5.41) is 0. The Morgan fingerprint density at radius 3 is 2.22 bits per heavy atom. The zero-order valence-corrected chi connectivity index (χ0v) is 12.6. The van der Waals surface area contributed by atoms with Crippen LogP contribution in [0.3, 0.4) is 0 Å². The first kappa shape index (κ1) is 15.9. The molecule has 0 aromatic carbocycles. The normalized spacial score (nSPS) is 19.1. The molecule has 1 heterocycles. The van der Waals surface area contributed by atoms with E-state index in [9.17, 15) is 8.42 Å². The van der Waals surface area contributed by atoms with Crippen molar-refractivity contribution in [2.75, 3.05) is 19.6 Å². The van der Waals surface area contributed by atoms with Gasteiger partial charge < -0.3 is 0 Å². The average molecular weight is 276 g/mol. The monoisotopic (exact) mass is 276 g/mol. The van der Waals surface area contributed by atoms with Gasteiger partial charge in [0.2, 0.25) is 0 Å². The minimum atomic E-state index is -3.22. The van der Waals surface area contributed by atoms with E-state index >= 15 is 0 Å². The van der Waals surface area contributed by atoms with Crippen molar-refractivity contribution in [3.63, 3.8) is 0 Å². The molecule has 1 aliphatic rings. The lowest BCUT2D eigenvalue weighted by Gasteiger charge is -2.20. The van der Waals surface area contributed by atoms with Crippen molar-refractivity contribution in [3.05, 3.63) is 0 Å². The van der Waals surface area contributed by atoms with Crippen molar-refractivity contribution >= 4 is 10.2 Å². The van der Waals surface area contributed by atoms with Crippen molar-refractivity contribution in [2.24, 2.45) is 5.92 Å². The van der Waals surface area contributed by atoms with Gasteiger partial charge in [0.1, 0.15) is 0 Å². The third-order valence-corrected chi connectivity index (χ3v) is 5.01. The molecule has 0 aliphatic carbocycles. The zero-order valence-electron chi connectivity index (χ0n) is 11.8. The van der Waals surface area contributed by atoms with E-state index in [1.165, 1.54) is 6.42 Å². The molecule has 1 N–H and O–H groups in total. The molecule has 18 heavy (non-hydrogen) atoms. The Labute approximate surface area is 112 Å². The summed E-state index contributed by atoms with van der Waals surface area (Å²) in [7, 11) is -3.22. The fourth-order valence-electron chi connectivity index (χ4n) is 2.25. The van der Waals surface area contributed by atoms with Crippen molar-refractivity contribution < 1.29 is 8.42 Å². The van der Waals surface area contributed by atoms with Crippen LogP contribution < -0.4 is 4.72 Å². The van der Waals surface area contributed by atoms with Crippen LogP contribution in [-0.2, 0) is 10.2 Å². The number of unbranched alkanes of at least 4 members (excludes halogenated alkanes) is 1. The number of rotatable bonds is 7. The second kappa shape index (κ2) is 8.12. The third kappa shape index (κ3) is 6.16. The largest absolute Gasteiger partial charge is 0.279 e. The summed E-state index contributed by atoms with van der Waals surface area (Å²) in [6.07, 6.45) is 7.50. The van der Waals surface area contributed by atoms with Crippen LogP contribution in [0.1, 0.15) is 58.8 Å². The molecule has 0 spiro atoms. The topological polar surface area (TPSA) is 49.4 Å². The van der Waals surface area contributed by atoms with Crippen molar-refractivity contribution in [2.45, 2.75) is 58.8 Å². The van der Waals surface area contributed by atoms with Gasteiger partial charge in [0.15, 0.2) is 0 Å². The molecule has 0 amide bonds. The summed E-state index contributed by atoms with van der Waals surface area (Å²) in [6.45, 7) is 6.33. The molecule has 1 rings (SSSR count). The van der Waals surface area contributed by atoms with Gasteiger partial charge in [0.05, 0.1) is 0 Å². The van der Waals surface area contributed by atoms with E-state index in [0.717, 1.165) is 38.5 Å². The highest BCUT2D eigenvalue weighted by molar-refractivity contribution is 7.87. The third-order valence-electron chi connectivity index (χ3n) is 3.40. The molecule has 1 saturated heterocycles. The Morgan fingerprint density at radius 1 is 1.06 bits per heavy atom. The summed E-state index contributed by atoms with van der Waals surface area (Å²) in [6, 6.07) is 0. The lowest BCUT2D eigenvalue weighted by atomic mass is 10.1. The molecular weight excluding hydrogens is 248 g/mol. The summed E-state index contributed by atoms with van der Waals surface area (Å²) >= 11 is 0. The van der Waals surface area contributed by atoms with Crippen LogP contribution in [0.25, 0.3) is 0 Å². The van der Waals surface area contributed by atoms with E-state index in [0.29, 0.717) is 25.6 Å². The Hall–Kier alpha value is -0.130. The molecular formula is C13H28N2O2S. The first-order valence-electron chi connectivity index (χ1n) is 7.27. The minimum Gasteiger partial charge on any atom is -0.202 e. The molecule has 5 heteroatoms. The second-order valence-corrected chi connectivity index (χ2v) is 7.36. The predicted molar refractivity (Wildman–Crippen MR) is 75.7 cm³/mol. The minimum absolute atomic E-state index is 0.575. The maximum atomic E-state index is 12.1. The molecule has 0 radical (unpaired) electrons. The van der Waals surface area contributed by atoms with Gasteiger partial charge in [-0.3, -0.25) is 0 Å². The Bertz CT molecular complexity index is 307. The van der Waals surface area contributed by atoms with Gasteiger partial charge in [-0.25, -0.2) is 4.72 Å². The van der Waals surface area contributed by atoms with E-state index in [1.54, 1.807) is 4.31 Å². The summed E-state index contributed by atoms with van der Waals surface area (Å²) < 4.78 is 28.4. The van der Waals surface area contributed by atoms with Crippen LogP contribution in [0.2, 0.25) is 0 Å². The van der Waals surface area contributed by atoms with E-state index in [2.05, 4.69) is 18.6 Å². The van der Waals surface area contributed by atoms with Crippen molar-refractivity contribution in [3.8, 4) is 0 Å². The van der Waals surface area contributed by atoms with Gasteiger partial charge >= 0.3 is 0 Å². The Kier molecular flexibility index (Phi) is 7.19. The molecule has 1 aliphatic heterocycles. The van der Waals surface area contributed by atoms with Gasteiger partial charge in [-0.2, -0.15) is 12.7 Å². The standard InChI is InChI=1S/C13H28N2O2S/c1-13(2)9-5-6-10-14-18(16,17)15-11-7-3-4-8-12-15/h13-14H,3-12H2,1-2H3. The van der Waals surface area contributed by atoms with Crippen LogP contribution in [0, 0.1) is 5.92 Å². The molecule has 0 aromatic heterocycles. The van der Waals surface area contributed by atoms with Crippen LogP contribution >= 0.6 is 0 Å². The zero-order chi connectivity index (χ0) is 13.4. The SMILES string of the molecule is CC(C)CCCCNS(=O)(=O)N1CCCCCC1. The molecule has 0 bridgehead atoms. The number of nitrogens with one attached hydrogen (secondary N) is 1. The maximum absolute atomic E-state index is 12.1. The summed E-state index contributed by atoms with van der Waals surface area (Å²) in [5.74, 6) is 0.701. The molecule has 0 atom stereocenters. The van der Waals surface area contributed by atoms with E-state index in [1.807, 2.05) is 0 Å². The predicted octanol–water partition coefficient (Wildman–Crippen LogP) is 2.52. The van der Waals surface area contributed by atoms with Crippen molar-refractivity contribution in [1.29, 1.82) is 0 Å². The molecule has 1 fully saturated rings. The molecule has 0 unspecified atom stereocenters. The summed E-state index contributed by atoms with van der Waals surface area (Å²) in [5.41, 5.74) is 0. The Morgan fingerprint density at radius 2 is 1.67 bits per heavy atom. The lowest BCUT2D eigenvalue weighted by Crippen LogP contribution is -2.41. The molecule has 4 nitrogen and oxygen atoms in total. The number of hydrogen-bond donors (Lipinski definition) is 1. The fraction of sp³-hybridized carbons (Fsp3) is 1.00. The van der Waals surface area contributed by atoms with Gasteiger partial charge in [0.25, 0.3) is 10.2 Å². The fourth-order valence-corrected chi connectivity index (χ4v) is 3.58. The molecule has 108 valence electrons. The first-order chi connectivity index (χ1) is 8.52. The highest BCUT2D eigenvalue weighted by atomic mass is 32.2. The van der Waals surface area contributed by atoms with Crippen LogP contribution in [0.15, 0.2) is 0 Å². The van der Waals surface area contributed by atoms with E-state index in [-0.39, 0.29) is 0 Å². The van der Waals surface area contributed by atoms with Gasteiger partial charge in [0, 0.05) is 19.6 Å². The van der Waals surface area contributed by atoms with Gasteiger partial charge in [-0.15, -0.1) is 0 Å². The molecule has 0 saturated carbocycles. The second-order valence-electron chi connectivity index (χ2n) is 5.60. The first-order valence-corrected chi connectivity index (χ1v) is 8.71. The lowest BCUT2D eigenvalue weighted by molar-refractivity contribution is 0.413. The quantitative estimate of drug-likeness (QED) is 0.726. The maximum Gasteiger partial charge on any atom is 0.279 e.